The van der Waals surface area contributed by atoms with Crippen LogP contribution < -0.4 is 9.47 Å². The Balaban J connectivity index is 1.72. The molecule has 1 aromatic rings. The molecule has 0 aromatic heterocycles. The van der Waals surface area contributed by atoms with Gasteiger partial charge in [0.15, 0.2) is 0 Å². The normalized spacial score (nSPS) is 19.8. The van der Waals surface area contributed by atoms with Crippen LogP contribution in [-0.4, -0.2) is 12.6 Å². The Labute approximate surface area is 152 Å². The largest absolute Gasteiger partial charge is 0.494 e. The predicted molar refractivity (Wildman–Crippen MR) is 101 cm³/mol. The van der Waals surface area contributed by atoms with Gasteiger partial charge in [-0.15, -0.1) is 12.3 Å². The Kier molecular flexibility index (Phi) is 8.39. The minimum absolute atomic E-state index is 0.0533. The molecule has 2 rings (SSSR count). The SMILES string of the molecule is C#CCCCOc1ccc(OC(=O)C2CCC(CCCC)CC2)cc1. The van der Waals surface area contributed by atoms with Gasteiger partial charge in [-0.3, -0.25) is 4.79 Å². The summed E-state index contributed by atoms with van der Waals surface area (Å²) < 4.78 is 11.1. The average Bonchev–Trinajstić information content (AvgIpc) is 2.65. The van der Waals surface area contributed by atoms with Gasteiger partial charge < -0.3 is 9.47 Å². The summed E-state index contributed by atoms with van der Waals surface area (Å²) in [5.41, 5.74) is 0. The van der Waals surface area contributed by atoms with Crippen LogP contribution in [0.2, 0.25) is 0 Å². The van der Waals surface area contributed by atoms with Gasteiger partial charge in [-0.05, 0) is 62.3 Å². The van der Waals surface area contributed by atoms with Crippen molar-refractivity contribution >= 4 is 5.97 Å². The first-order valence-corrected chi connectivity index (χ1v) is 9.61. The van der Waals surface area contributed by atoms with Crippen molar-refractivity contribution in [3.05, 3.63) is 24.3 Å². The number of esters is 1. The highest BCUT2D eigenvalue weighted by atomic mass is 16.5. The monoisotopic (exact) mass is 342 g/mol. The van der Waals surface area contributed by atoms with E-state index >= 15 is 0 Å². The van der Waals surface area contributed by atoms with Gasteiger partial charge in [-0.1, -0.05) is 26.2 Å². The lowest BCUT2D eigenvalue weighted by atomic mass is 9.80. The number of carbonyl (C=O) groups excluding carboxylic acids is 1. The number of hydrogen-bond acceptors (Lipinski definition) is 3. The van der Waals surface area contributed by atoms with Gasteiger partial charge in [0.2, 0.25) is 0 Å². The molecule has 0 bridgehead atoms. The molecule has 1 aliphatic rings. The van der Waals surface area contributed by atoms with Gasteiger partial charge in [0.1, 0.15) is 11.5 Å². The molecule has 0 saturated heterocycles. The number of ether oxygens (including phenoxy) is 2. The van der Waals surface area contributed by atoms with E-state index in [1.807, 2.05) is 12.1 Å². The summed E-state index contributed by atoms with van der Waals surface area (Å²) in [4.78, 5) is 12.3. The van der Waals surface area contributed by atoms with Crippen molar-refractivity contribution in [2.45, 2.75) is 64.7 Å². The molecule has 3 nitrogen and oxygen atoms in total. The van der Waals surface area contributed by atoms with Gasteiger partial charge in [-0.2, -0.15) is 0 Å². The fraction of sp³-hybridized carbons (Fsp3) is 0.591. The molecule has 1 saturated carbocycles. The zero-order valence-corrected chi connectivity index (χ0v) is 15.3. The van der Waals surface area contributed by atoms with Crippen LogP contribution in [0.25, 0.3) is 0 Å². The van der Waals surface area contributed by atoms with Crippen molar-refractivity contribution < 1.29 is 14.3 Å². The zero-order valence-electron chi connectivity index (χ0n) is 15.3. The molecule has 0 heterocycles. The van der Waals surface area contributed by atoms with E-state index in [9.17, 15) is 4.79 Å². The highest BCUT2D eigenvalue weighted by Crippen LogP contribution is 2.33. The third-order valence-electron chi connectivity index (χ3n) is 4.92. The summed E-state index contributed by atoms with van der Waals surface area (Å²) in [6, 6.07) is 7.25. The second-order valence-corrected chi connectivity index (χ2v) is 6.91. The van der Waals surface area contributed by atoms with Crippen LogP contribution >= 0.6 is 0 Å². The van der Waals surface area contributed by atoms with Crippen LogP contribution in [0.4, 0.5) is 0 Å². The van der Waals surface area contributed by atoms with Crippen molar-refractivity contribution in [3.63, 3.8) is 0 Å². The number of hydrogen-bond donors (Lipinski definition) is 0. The number of rotatable bonds is 9. The number of carbonyl (C=O) groups is 1. The molecule has 0 aliphatic heterocycles. The van der Waals surface area contributed by atoms with E-state index in [2.05, 4.69) is 12.8 Å². The maximum Gasteiger partial charge on any atom is 0.314 e. The van der Waals surface area contributed by atoms with Gasteiger partial charge in [-0.25, -0.2) is 0 Å². The Morgan fingerprint density at radius 1 is 1.12 bits per heavy atom. The molecule has 1 fully saturated rings. The van der Waals surface area contributed by atoms with E-state index in [1.54, 1.807) is 12.1 Å². The fourth-order valence-electron chi connectivity index (χ4n) is 3.35. The minimum atomic E-state index is -0.0865. The number of benzene rings is 1. The molecular weight excluding hydrogens is 312 g/mol. The number of unbranched alkanes of at least 4 members (excludes halogenated alkanes) is 2. The summed E-state index contributed by atoms with van der Waals surface area (Å²) in [6.07, 6.45) is 14.9. The Morgan fingerprint density at radius 2 is 1.80 bits per heavy atom. The van der Waals surface area contributed by atoms with Crippen molar-refractivity contribution in [1.82, 2.24) is 0 Å². The van der Waals surface area contributed by atoms with Crippen molar-refractivity contribution in [2.75, 3.05) is 6.61 Å². The summed E-state index contributed by atoms with van der Waals surface area (Å²) in [7, 11) is 0. The Hall–Kier alpha value is -1.95. The van der Waals surface area contributed by atoms with Gasteiger partial charge in [0.05, 0.1) is 12.5 Å². The Bertz CT molecular complexity index is 548. The van der Waals surface area contributed by atoms with Crippen molar-refractivity contribution in [3.8, 4) is 23.8 Å². The second-order valence-electron chi connectivity index (χ2n) is 6.91. The van der Waals surface area contributed by atoms with Crippen LogP contribution in [0.5, 0.6) is 11.5 Å². The van der Waals surface area contributed by atoms with Crippen LogP contribution in [0, 0.1) is 24.2 Å². The molecule has 136 valence electrons. The molecule has 0 unspecified atom stereocenters. The molecule has 0 spiro atoms. The van der Waals surface area contributed by atoms with Crippen LogP contribution in [-0.2, 0) is 4.79 Å². The van der Waals surface area contributed by atoms with E-state index in [1.165, 1.54) is 19.3 Å². The van der Waals surface area contributed by atoms with Crippen molar-refractivity contribution in [2.24, 2.45) is 11.8 Å². The predicted octanol–water partition coefficient (Wildman–Crippen LogP) is 5.38. The van der Waals surface area contributed by atoms with Crippen molar-refractivity contribution in [1.29, 1.82) is 0 Å². The van der Waals surface area contributed by atoms with Gasteiger partial charge in [0, 0.05) is 6.42 Å². The van der Waals surface area contributed by atoms with E-state index in [0.717, 1.165) is 50.2 Å². The van der Waals surface area contributed by atoms with E-state index in [4.69, 9.17) is 15.9 Å². The van der Waals surface area contributed by atoms with E-state index < -0.39 is 0 Å². The highest BCUT2D eigenvalue weighted by Gasteiger charge is 2.27. The second kappa shape index (κ2) is 10.8. The molecule has 25 heavy (non-hydrogen) atoms. The molecule has 1 aromatic carbocycles. The molecule has 0 N–H and O–H groups in total. The van der Waals surface area contributed by atoms with Gasteiger partial charge >= 0.3 is 5.97 Å². The quantitative estimate of drug-likeness (QED) is 0.261. The molecule has 0 radical (unpaired) electrons. The lowest BCUT2D eigenvalue weighted by Gasteiger charge is -2.27. The Morgan fingerprint density at radius 3 is 2.44 bits per heavy atom. The topological polar surface area (TPSA) is 35.5 Å². The summed E-state index contributed by atoms with van der Waals surface area (Å²) in [5, 5.41) is 0. The maximum atomic E-state index is 12.3. The zero-order chi connectivity index (χ0) is 17.9. The molecule has 0 amide bonds. The first-order valence-electron chi connectivity index (χ1n) is 9.61. The third-order valence-corrected chi connectivity index (χ3v) is 4.92. The van der Waals surface area contributed by atoms with Crippen LogP contribution in [0.3, 0.4) is 0 Å². The lowest BCUT2D eigenvalue weighted by molar-refractivity contribution is -0.140. The van der Waals surface area contributed by atoms with Gasteiger partial charge in [0.25, 0.3) is 0 Å². The fourth-order valence-corrected chi connectivity index (χ4v) is 3.35. The average molecular weight is 342 g/mol. The summed E-state index contributed by atoms with van der Waals surface area (Å²) >= 11 is 0. The molecule has 3 heteroatoms. The van der Waals surface area contributed by atoms with Crippen LogP contribution in [0.1, 0.15) is 64.7 Å². The first-order chi connectivity index (χ1) is 12.2. The highest BCUT2D eigenvalue weighted by molar-refractivity contribution is 5.75. The standard InChI is InChI=1S/C22H30O3/c1-3-5-7-17-24-20-13-15-21(16-14-20)25-22(23)19-11-9-18(10-12-19)8-6-4-2/h1,13-16,18-19H,4-12,17H2,2H3. The lowest BCUT2D eigenvalue weighted by Crippen LogP contribution is -2.25. The van der Waals surface area contributed by atoms with E-state index in [0.29, 0.717) is 12.4 Å². The number of terminal acetylenes is 1. The molecular formula is C22H30O3. The van der Waals surface area contributed by atoms with E-state index in [-0.39, 0.29) is 11.9 Å². The summed E-state index contributed by atoms with van der Waals surface area (Å²) in [5.74, 6) is 4.72. The first kappa shape index (κ1) is 19.4. The molecule has 0 atom stereocenters. The third kappa shape index (κ3) is 6.82. The smallest absolute Gasteiger partial charge is 0.314 e. The van der Waals surface area contributed by atoms with Crippen LogP contribution in [0.15, 0.2) is 24.3 Å². The minimum Gasteiger partial charge on any atom is -0.494 e. The maximum absolute atomic E-state index is 12.3. The summed E-state index contributed by atoms with van der Waals surface area (Å²) in [6.45, 7) is 2.83. The molecule has 1 aliphatic carbocycles.